The highest BCUT2D eigenvalue weighted by Gasteiger charge is 2.16. The molecule has 0 atom stereocenters. The fraction of sp³-hybridized carbons (Fsp3) is 0.435. The van der Waals surface area contributed by atoms with Crippen LogP contribution < -0.4 is 10.6 Å². The second-order valence-corrected chi connectivity index (χ2v) is 7.68. The molecule has 2 aromatic carbocycles. The number of aromatic amines is 1. The molecule has 0 spiro atoms. The highest BCUT2D eigenvalue weighted by molar-refractivity contribution is 5.74. The van der Waals surface area contributed by atoms with Gasteiger partial charge in [-0.05, 0) is 43.7 Å². The van der Waals surface area contributed by atoms with Crippen molar-refractivity contribution in [2.24, 2.45) is 0 Å². The molecule has 0 aliphatic carbocycles. The van der Waals surface area contributed by atoms with Crippen molar-refractivity contribution < 1.29 is 0 Å². The lowest BCUT2D eigenvalue weighted by Crippen LogP contribution is -2.46. The molecule has 0 bridgehead atoms. The number of aryl methyl sites for hydroxylation is 1. The Balaban J connectivity index is 1.13. The average Bonchev–Trinajstić information content (AvgIpc) is 3.07. The maximum Gasteiger partial charge on any atom is 0.326 e. The van der Waals surface area contributed by atoms with Gasteiger partial charge in [0.05, 0.1) is 11.0 Å². The number of unbranched alkanes of at least 4 members (excludes halogenated alkanes) is 3. The van der Waals surface area contributed by atoms with Gasteiger partial charge in [-0.15, -0.1) is 0 Å². The lowest BCUT2D eigenvalue weighted by atomic mass is 10.1. The standard InChI is InChI=1S/C23H30N4O/c28-23-24-21-12-6-7-13-22(21)27(23)15-9-2-1-8-14-25-16-18-26(19-17-25)20-10-4-3-5-11-20/h3-7,10-13H,1-2,8-9,14-19H2,(H,24,28). The summed E-state index contributed by atoms with van der Waals surface area (Å²) in [5.41, 5.74) is 3.30. The van der Waals surface area contributed by atoms with E-state index in [2.05, 4.69) is 45.1 Å². The number of benzene rings is 2. The fourth-order valence-corrected chi connectivity index (χ4v) is 4.16. The zero-order chi connectivity index (χ0) is 19.2. The lowest BCUT2D eigenvalue weighted by molar-refractivity contribution is 0.252. The summed E-state index contributed by atoms with van der Waals surface area (Å²) in [4.78, 5) is 20.1. The summed E-state index contributed by atoms with van der Waals surface area (Å²) in [5.74, 6) is 0. The second kappa shape index (κ2) is 9.11. The zero-order valence-electron chi connectivity index (χ0n) is 16.5. The topological polar surface area (TPSA) is 44.3 Å². The third kappa shape index (κ3) is 4.47. The lowest BCUT2D eigenvalue weighted by Gasteiger charge is -2.36. The quantitative estimate of drug-likeness (QED) is 0.608. The van der Waals surface area contributed by atoms with Gasteiger partial charge in [0.25, 0.3) is 0 Å². The van der Waals surface area contributed by atoms with Gasteiger partial charge in [0, 0.05) is 38.4 Å². The van der Waals surface area contributed by atoms with Crippen molar-refractivity contribution in [3.63, 3.8) is 0 Å². The van der Waals surface area contributed by atoms with Crippen molar-refractivity contribution in [1.29, 1.82) is 0 Å². The molecule has 3 aromatic rings. The van der Waals surface area contributed by atoms with E-state index in [1.807, 2.05) is 28.8 Å². The van der Waals surface area contributed by atoms with E-state index in [4.69, 9.17) is 0 Å². The minimum atomic E-state index is 0.0116. The van der Waals surface area contributed by atoms with Gasteiger partial charge in [0.15, 0.2) is 0 Å². The van der Waals surface area contributed by atoms with Gasteiger partial charge < -0.3 is 9.88 Å². The molecule has 0 amide bonds. The molecule has 0 radical (unpaired) electrons. The molecular weight excluding hydrogens is 348 g/mol. The minimum absolute atomic E-state index is 0.0116. The smallest absolute Gasteiger partial charge is 0.326 e. The predicted molar refractivity (Wildman–Crippen MR) is 116 cm³/mol. The van der Waals surface area contributed by atoms with Crippen molar-refractivity contribution >= 4 is 16.7 Å². The van der Waals surface area contributed by atoms with Gasteiger partial charge >= 0.3 is 5.69 Å². The fourth-order valence-electron chi connectivity index (χ4n) is 4.16. The molecule has 1 aliphatic heterocycles. The van der Waals surface area contributed by atoms with E-state index in [1.165, 1.54) is 31.5 Å². The molecule has 148 valence electrons. The number of fused-ring (bicyclic) bond motifs is 1. The Kier molecular flexibility index (Phi) is 6.12. The molecule has 1 aliphatic rings. The van der Waals surface area contributed by atoms with Crippen LogP contribution in [0.1, 0.15) is 25.7 Å². The Morgan fingerprint density at radius 3 is 2.21 bits per heavy atom. The van der Waals surface area contributed by atoms with Gasteiger partial charge in [-0.2, -0.15) is 0 Å². The van der Waals surface area contributed by atoms with Crippen LogP contribution >= 0.6 is 0 Å². The van der Waals surface area contributed by atoms with Gasteiger partial charge in [0.2, 0.25) is 0 Å². The van der Waals surface area contributed by atoms with E-state index in [1.54, 1.807) is 0 Å². The summed E-state index contributed by atoms with van der Waals surface area (Å²) < 4.78 is 1.87. The number of anilines is 1. The van der Waals surface area contributed by atoms with E-state index in [0.717, 1.165) is 50.2 Å². The Labute approximate surface area is 166 Å². The van der Waals surface area contributed by atoms with Gasteiger partial charge in [0.1, 0.15) is 0 Å². The summed E-state index contributed by atoms with van der Waals surface area (Å²) in [5, 5.41) is 0. The first-order valence-electron chi connectivity index (χ1n) is 10.5. The zero-order valence-corrected chi connectivity index (χ0v) is 16.5. The Morgan fingerprint density at radius 1 is 0.750 bits per heavy atom. The van der Waals surface area contributed by atoms with Crippen molar-refractivity contribution in [3.8, 4) is 0 Å². The summed E-state index contributed by atoms with van der Waals surface area (Å²) >= 11 is 0. The van der Waals surface area contributed by atoms with Gasteiger partial charge in [-0.3, -0.25) is 9.47 Å². The largest absolute Gasteiger partial charge is 0.369 e. The van der Waals surface area contributed by atoms with Crippen molar-refractivity contribution in [3.05, 3.63) is 65.1 Å². The van der Waals surface area contributed by atoms with Crippen LogP contribution in [0.4, 0.5) is 5.69 Å². The molecule has 28 heavy (non-hydrogen) atoms. The van der Waals surface area contributed by atoms with E-state index >= 15 is 0 Å². The number of aromatic nitrogens is 2. The molecule has 2 heterocycles. The van der Waals surface area contributed by atoms with Crippen molar-refractivity contribution in [2.45, 2.75) is 32.2 Å². The second-order valence-electron chi connectivity index (χ2n) is 7.68. The highest BCUT2D eigenvalue weighted by Crippen LogP contribution is 2.16. The summed E-state index contributed by atoms with van der Waals surface area (Å²) in [6, 6.07) is 18.6. The molecule has 5 heteroatoms. The Hall–Kier alpha value is -2.53. The van der Waals surface area contributed by atoms with Crippen LogP contribution in [0.25, 0.3) is 11.0 Å². The first kappa shape index (κ1) is 18.8. The number of hydrogen-bond donors (Lipinski definition) is 1. The predicted octanol–water partition coefficient (Wildman–Crippen LogP) is 3.71. The van der Waals surface area contributed by atoms with Crippen LogP contribution in [0.2, 0.25) is 0 Å². The third-order valence-electron chi connectivity index (χ3n) is 5.78. The molecule has 4 rings (SSSR count). The summed E-state index contributed by atoms with van der Waals surface area (Å²) in [7, 11) is 0. The number of para-hydroxylation sites is 3. The molecule has 0 unspecified atom stereocenters. The van der Waals surface area contributed by atoms with Crippen LogP contribution in [0.15, 0.2) is 59.4 Å². The summed E-state index contributed by atoms with van der Waals surface area (Å²) in [6.45, 7) is 6.54. The monoisotopic (exact) mass is 378 g/mol. The van der Waals surface area contributed by atoms with Crippen LogP contribution in [-0.2, 0) is 6.54 Å². The van der Waals surface area contributed by atoms with Crippen molar-refractivity contribution in [2.75, 3.05) is 37.6 Å². The van der Waals surface area contributed by atoms with Crippen molar-refractivity contribution in [1.82, 2.24) is 14.5 Å². The van der Waals surface area contributed by atoms with Crippen LogP contribution in [-0.4, -0.2) is 47.2 Å². The summed E-state index contributed by atoms with van der Waals surface area (Å²) in [6.07, 6.45) is 4.71. The maximum atomic E-state index is 12.1. The van der Waals surface area contributed by atoms with Crippen LogP contribution in [0, 0.1) is 0 Å². The number of piperazine rings is 1. The Bertz CT molecular complexity index is 922. The molecule has 1 saturated heterocycles. The number of imidazole rings is 1. The molecule has 0 saturated carbocycles. The molecule has 1 fully saturated rings. The number of hydrogen-bond acceptors (Lipinski definition) is 3. The van der Waals surface area contributed by atoms with E-state index in [0.29, 0.717) is 0 Å². The number of nitrogens with zero attached hydrogens (tertiary/aromatic N) is 3. The number of nitrogens with one attached hydrogen (secondary N) is 1. The first-order valence-corrected chi connectivity index (χ1v) is 10.5. The average molecular weight is 379 g/mol. The third-order valence-corrected chi connectivity index (χ3v) is 5.78. The van der Waals surface area contributed by atoms with E-state index in [-0.39, 0.29) is 5.69 Å². The van der Waals surface area contributed by atoms with Crippen LogP contribution in [0.3, 0.4) is 0 Å². The van der Waals surface area contributed by atoms with Gasteiger partial charge in [-0.25, -0.2) is 4.79 Å². The number of H-pyrrole nitrogens is 1. The van der Waals surface area contributed by atoms with E-state index < -0.39 is 0 Å². The SMILES string of the molecule is O=c1[nH]c2ccccc2n1CCCCCCN1CCN(c2ccccc2)CC1. The highest BCUT2D eigenvalue weighted by atomic mass is 16.1. The molecule has 1 N–H and O–H groups in total. The maximum absolute atomic E-state index is 12.1. The number of rotatable bonds is 8. The van der Waals surface area contributed by atoms with Crippen LogP contribution in [0.5, 0.6) is 0 Å². The minimum Gasteiger partial charge on any atom is -0.369 e. The van der Waals surface area contributed by atoms with E-state index in [9.17, 15) is 4.79 Å². The Morgan fingerprint density at radius 2 is 1.43 bits per heavy atom. The first-order chi connectivity index (χ1) is 13.8. The normalized spacial score (nSPS) is 15.4. The van der Waals surface area contributed by atoms with Gasteiger partial charge in [-0.1, -0.05) is 43.2 Å². The molecular formula is C23H30N4O. The molecule has 1 aromatic heterocycles. The molecule has 5 nitrogen and oxygen atoms in total.